The lowest BCUT2D eigenvalue weighted by atomic mass is 9.66. The van der Waals surface area contributed by atoms with Crippen molar-refractivity contribution in [3.05, 3.63) is 234 Å². The van der Waals surface area contributed by atoms with Crippen LogP contribution in [0, 0.1) is 22.7 Å². The van der Waals surface area contributed by atoms with Crippen LogP contribution in [0.3, 0.4) is 0 Å². The number of para-hydroxylation sites is 4. The summed E-state index contributed by atoms with van der Waals surface area (Å²) < 4.78 is 11.6. The lowest BCUT2D eigenvalue weighted by Crippen LogP contribution is -2.32. The van der Waals surface area contributed by atoms with Crippen molar-refractivity contribution in [3.8, 4) is 46.4 Å². The van der Waals surface area contributed by atoms with Crippen LogP contribution in [-0.2, 0) is 5.41 Å². The van der Waals surface area contributed by atoms with Gasteiger partial charge in [-0.05, 0) is 115 Å². The number of fused-ring (bicyclic) bond motifs is 17. The van der Waals surface area contributed by atoms with Crippen LogP contribution in [-0.4, -0.2) is 19.1 Å². The van der Waals surface area contributed by atoms with E-state index in [1.165, 1.54) is 9.79 Å². The zero-order valence-corrected chi connectivity index (χ0v) is 37.8. The SMILES string of the molecule is N#Cc1ccc2c(c1)c1ccccc1n2-c1cnc2c(c1)C1(c3ccccc3Oc3cc(-n4c5ccc(C#N)cc5c5cc(N6c7ccccc7Sc7ccccc76)ccc54)ccc31)c1cccnc1-2. The summed E-state index contributed by atoms with van der Waals surface area (Å²) in [6.45, 7) is 0. The Kier molecular flexibility index (Phi) is 7.90. The first-order valence-electron chi connectivity index (χ1n) is 23.1. The summed E-state index contributed by atoms with van der Waals surface area (Å²) in [6.07, 6.45) is 3.79. The molecule has 0 saturated heterocycles. The highest BCUT2D eigenvalue weighted by molar-refractivity contribution is 7.99. The Morgan fingerprint density at radius 1 is 0.443 bits per heavy atom. The van der Waals surface area contributed by atoms with Gasteiger partial charge in [-0.15, -0.1) is 0 Å². The minimum absolute atomic E-state index is 0.599. The molecule has 9 heteroatoms. The summed E-state index contributed by atoms with van der Waals surface area (Å²) in [7, 11) is 0. The number of aromatic nitrogens is 4. The number of hydrogen-bond acceptors (Lipinski definition) is 7. The van der Waals surface area contributed by atoms with Gasteiger partial charge in [-0.3, -0.25) is 9.97 Å². The van der Waals surface area contributed by atoms with E-state index in [2.05, 4.69) is 166 Å². The van der Waals surface area contributed by atoms with E-state index < -0.39 is 5.41 Å². The first-order chi connectivity index (χ1) is 34.6. The minimum Gasteiger partial charge on any atom is -0.457 e. The molecule has 0 amide bonds. The van der Waals surface area contributed by atoms with Crippen LogP contribution in [0.15, 0.2) is 210 Å². The number of rotatable bonds is 3. The van der Waals surface area contributed by atoms with E-state index in [1.807, 2.05) is 60.9 Å². The van der Waals surface area contributed by atoms with Crippen molar-refractivity contribution >= 4 is 72.4 Å². The number of ether oxygens (including phenoxy) is 1. The van der Waals surface area contributed by atoms with Crippen LogP contribution >= 0.6 is 11.8 Å². The molecule has 1 unspecified atom stereocenters. The molecule has 12 aromatic rings. The van der Waals surface area contributed by atoms with E-state index in [0.29, 0.717) is 11.1 Å². The third-order valence-electron chi connectivity index (χ3n) is 14.5. The topological polar surface area (TPSA) is 95.7 Å². The molecular formula is C61H33N7OS. The maximum Gasteiger partial charge on any atom is 0.134 e. The molecule has 0 bridgehead atoms. The maximum absolute atomic E-state index is 10.2. The quantitative estimate of drug-likeness (QED) is 0.174. The van der Waals surface area contributed by atoms with Crippen molar-refractivity contribution in [1.29, 1.82) is 10.5 Å². The minimum atomic E-state index is -0.839. The number of anilines is 3. The van der Waals surface area contributed by atoms with Crippen LogP contribution in [0.5, 0.6) is 11.5 Å². The van der Waals surface area contributed by atoms with Crippen LogP contribution < -0.4 is 9.64 Å². The second kappa shape index (κ2) is 14.3. The third kappa shape index (κ3) is 5.13. The van der Waals surface area contributed by atoms with Crippen LogP contribution in [0.25, 0.3) is 66.4 Å². The molecule has 15 rings (SSSR count). The molecule has 8 nitrogen and oxygen atoms in total. The fourth-order valence-corrected chi connectivity index (χ4v) is 12.7. The van der Waals surface area contributed by atoms with Gasteiger partial charge >= 0.3 is 0 Å². The molecule has 3 aliphatic rings. The highest BCUT2D eigenvalue weighted by Crippen LogP contribution is 2.62. The number of nitriles is 2. The van der Waals surface area contributed by atoms with Gasteiger partial charge in [0.1, 0.15) is 11.5 Å². The molecule has 8 aromatic carbocycles. The Morgan fingerprint density at radius 2 is 1.03 bits per heavy atom. The zero-order valence-electron chi connectivity index (χ0n) is 37.0. The van der Waals surface area contributed by atoms with Crippen LogP contribution in [0.1, 0.15) is 33.4 Å². The second-order valence-corrected chi connectivity index (χ2v) is 19.1. The first kappa shape index (κ1) is 38.7. The molecule has 1 spiro atoms. The van der Waals surface area contributed by atoms with Gasteiger partial charge < -0.3 is 18.8 Å². The number of nitrogens with zero attached hydrogens (tertiary/aromatic N) is 7. The van der Waals surface area contributed by atoms with E-state index in [0.717, 1.165) is 117 Å². The Balaban J connectivity index is 0.953. The Hall–Kier alpha value is -9.41. The van der Waals surface area contributed by atoms with E-state index in [1.54, 1.807) is 11.8 Å². The van der Waals surface area contributed by atoms with E-state index in [-0.39, 0.29) is 0 Å². The third-order valence-corrected chi connectivity index (χ3v) is 15.6. The molecule has 0 radical (unpaired) electrons. The Labute approximate surface area is 405 Å². The van der Waals surface area contributed by atoms with Crippen molar-refractivity contribution in [1.82, 2.24) is 19.1 Å². The van der Waals surface area contributed by atoms with E-state index >= 15 is 0 Å². The molecule has 0 saturated carbocycles. The normalized spacial score (nSPS) is 14.9. The lowest BCUT2D eigenvalue weighted by Gasteiger charge is -2.39. The molecule has 4 aromatic heterocycles. The van der Waals surface area contributed by atoms with Crippen molar-refractivity contribution in [2.24, 2.45) is 0 Å². The van der Waals surface area contributed by atoms with Crippen molar-refractivity contribution in [3.63, 3.8) is 0 Å². The zero-order chi connectivity index (χ0) is 46.2. The predicted molar refractivity (Wildman–Crippen MR) is 276 cm³/mol. The Morgan fingerprint density at radius 3 is 1.80 bits per heavy atom. The fraction of sp³-hybridized carbons (Fsp3) is 0.0164. The number of hydrogen-bond donors (Lipinski definition) is 0. The average Bonchev–Trinajstić information content (AvgIpc) is 4.03. The number of benzene rings is 8. The van der Waals surface area contributed by atoms with Crippen LogP contribution in [0.2, 0.25) is 0 Å². The molecular weight excluding hydrogens is 879 g/mol. The summed E-state index contributed by atoms with van der Waals surface area (Å²) in [5.41, 5.74) is 15.2. The van der Waals surface area contributed by atoms with Crippen LogP contribution in [0.4, 0.5) is 17.1 Å². The van der Waals surface area contributed by atoms with Gasteiger partial charge in [0, 0.05) is 71.7 Å². The standard InChI is InChI=1S/C61H33N7OS/c62-33-36-19-24-50-42(28-36)41-10-1-3-13-49(41)68(50)40-31-48-60(65-35-40)59-47(12-9-27-64-59)61(48)45-11-2-6-16-55(45)69-56-32-39(21-23-46(56)61)66-51-25-20-37(34-63)29-43(51)44-30-38(22-26-52(44)66)67-53-14-4-7-17-57(53)70-58-18-8-5-15-54(58)67/h1-32,35H. The molecule has 70 heavy (non-hydrogen) atoms. The highest BCUT2D eigenvalue weighted by Gasteiger charge is 2.52. The molecule has 6 heterocycles. The summed E-state index contributed by atoms with van der Waals surface area (Å²) in [4.78, 5) is 15.1. The first-order valence-corrected chi connectivity index (χ1v) is 23.9. The summed E-state index contributed by atoms with van der Waals surface area (Å²) >= 11 is 1.79. The van der Waals surface area contributed by atoms with Gasteiger partial charge in [0.25, 0.3) is 0 Å². The highest BCUT2D eigenvalue weighted by atomic mass is 32.2. The smallest absolute Gasteiger partial charge is 0.134 e. The summed E-state index contributed by atoms with van der Waals surface area (Å²) in [5, 5.41) is 24.2. The van der Waals surface area contributed by atoms with Crippen molar-refractivity contribution in [2.75, 3.05) is 4.90 Å². The molecule has 0 fully saturated rings. The monoisotopic (exact) mass is 911 g/mol. The summed E-state index contributed by atoms with van der Waals surface area (Å²) in [5.74, 6) is 1.48. The molecule has 0 N–H and O–H groups in total. The Bertz CT molecular complexity index is 4340. The van der Waals surface area contributed by atoms with E-state index in [4.69, 9.17) is 14.7 Å². The molecule has 1 aliphatic carbocycles. The molecule has 2 aliphatic heterocycles. The van der Waals surface area contributed by atoms with Gasteiger partial charge in [-0.2, -0.15) is 10.5 Å². The predicted octanol–water partition coefficient (Wildman–Crippen LogP) is 14.8. The lowest BCUT2D eigenvalue weighted by molar-refractivity contribution is 0.436. The van der Waals surface area contributed by atoms with Crippen molar-refractivity contribution in [2.45, 2.75) is 15.2 Å². The van der Waals surface area contributed by atoms with Gasteiger partial charge in [0.05, 0.1) is 85.4 Å². The van der Waals surface area contributed by atoms with Gasteiger partial charge in [0.15, 0.2) is 0 Å². The summed E-state index contributed by atoms with van der Waals surface area (Å²) in [6, 6.07) is 70.1. The number of pyridine rings is 2. The largest absolute Gasteiger partial charge is 0.457 e. The molecule has 324 valence electrons. The van der Waals surface area contributed by atoms with E-state index in [9.17, 15) is 10.5 Å². The van der Waals surface area contributed by atoms with Gasteiger partial charge in [-0.1, -0.05) is 84.6 Å². The van der Waals surface area contributed by atoms with Gasteiger partial charge in [-0.25, -0.2) is 0 Å². The van der Waals surface area contributed by atoms with Crippen molar-refractivity contribution < 1.29 is 4.74 Å². The molecule has 1 atom stereocenters. The second-order valence-electron chi connectivity index (χ2n) is 18.0. The average molecular weight is 912 g/mol. The maximum atomic E-state index is 10.2. The fourth-order valence-electron chi connectivity index (χ4n) is 11.6. The van der Waals surface area contributed by atoms with Gasteiger partial charge in [0.2, 0.25) is 0 Å².